The van der Waals surface area contributed by atoms with E-state index >= 15 is 0 Å². The third kappa shape index (κ3) is 6.50. The molecule has 4 heteroatoms. The van der Waals surface area contributed by atoms with Crippen molar-refractivity contribution >= 4 is 28.9 Å². The number of nitrogens with one attached hydrogen (secondary N) is 1. The fourth-order valence-corrected chi connectivity index (χ4v) is 3.81. The minimum Gasteiger partial charge on any atom is -0.378 e. The average molecular weight is 427 g/mol. The van der Waals surface area contributed by atoms with Gasteiger partial charge in [-0.2, -0.15) is 0 Å². The van der Waals surface area contributed by atoms with E-state index < -0.39 is 0 Å². The van der Waals surface area contributed by atoms with Crippen LogP contribution in [-0.4, -0.2) is 20.6 Å². The normalized spacial score (nSPS) is 12.0. The second-order valence-electron chi connectivity index (χ2n) is 7.57. The van der Waals surface area contributed by atoms with E-state index in [1.54, 1.807) is 0 Å². The highest BCUT2D eigenvalue weighted by atomic mass is 35.5. The number of nitrogens with zero attached hydrogens (tertiary/aromatic N) is 1. The minimum atomic E-state index is 0.385. The zero-order valence-corrected chi connectivity index (χ0v) is 18.5. The van der Waals surface area contributed by atoms with E-state index in [1.165, 1.54) is 22.4 Å². The summed E-state index contributed by atoms with van der Waals surface area (Å²) in [6.45, 7) is 1.81. The number of anilines is 1. The monoisotopic (exact) mass is 426 g/mol. The van der Waals surface area contributed by atoms with Crippen molar-refractivity contribution in [3.8, 4) is 0 Å². The molecular formula is C25H28Cl2N2. The molecule has 29 heavy (non-hydrogen) atoms. The number of rotatable bonds is 9. The largest absolute Gasteiger partial charge is 0.378 e. The quantitative estimate of drug-likeness (QED) is 0.389. The summed E-state index contributed by atoms with van der Waals surface area (Å²) in [6, 6.07) is 25.0. The summed E-state index contributed by atoms with van der Waals surface area (Å²) in [4.78, 5) is 2.11. The Morgan fingerprint density at radius 1 is 0.862 bits per heavy atom. The predicted molar refractivity (Wildman–Crippen MR) is 126 cm³/mol. The highest BCUT2D eigenvalue weighted by Gasteiger charge is 2.14. The van der Waals surface area contributed by atoms with E-state index in [9.17, 15) is 0 Å². The van der Waals surface area contributed by atoms with Crippen molar-refractivity contribution in [1.29, 1.82) is 0 Å². The molecule has 0 aromatic heterocycles. The Morgan fingerprint density at radius 3 is 2.21 bits per heavy atom. The summed E-state index contributed by atoms with van der Waals surface area (Å²) in [7, 11) is 4.12. The van der Waals surface area contributed by atoms with Crippen LogP contribution in [0.5, 0.6) is 0 Å². The van der Waals surface area contributed by atoms with Gasteiger partial charge in [-0.25, -0.2) is 0 Å². The van der Waals surface area contributed by atoms with Crippen LogP contribution in [0.15, 0.2) is 72.8 Å². The lowest BCUT2D eigenvalue weighted by atomic mass is 9.89. The summed E-state index contributed by atoms with van der Waals surface area (Å²) in [6.07, 6.45) is 1.95. The summed E-state index contributed by atoms with van der Waals surface area (Å²) in [5.74, 6) is 0.385. The Labute approximate surface area is 184 Å². The Kier molecular flexibility index (Phi) is 8.00. The van der Waals surface area contributed by atoms with E-state index in [4.69, 9.17) is 23.2 Å². The molecule has 0 unspecified atom stereocenters. The van der Waals surface area contributed by atoms with Crippen molar-refractivity contribution < 1.29 is 0 Å². The van der Waals surface area contributed by atoms with Gasteiger partial charge >= 0.3 is 0 Å². The molecule has 0 saturated carbocycles. The van der Waals surface area contributed by atoms with E-state index in [2.05, 4.69) is 72.8 Å². The zero-order valence-electron chi connectivity index (χ0n) is 17.0. The topological polar surface area (TPSA) is 15.3 Å². The summed E-state index contributed by atoms with van der Waals surface area (Å²) in [5, 5.41) is 5.19. The van der Waals surface area contributed by atoms with Crippen molar-refractivity contribution in [3.05, 3.63) is 99.5 Å². The molecule has 0 aliphatic rings. The minimum absolute atomic E-state index is 0.385. The molecule has 3 rings (SSSR count). The second-order valence-corrected chi connectivity index (χ2v) is 8.41. The van der Waals surface area contributed by atoms with Gasteiger partial charge in [0.05, 0.1) is 0 Å². The van der Waals surface area contributed by atoms with E-state index in [-0.39, 0.29) is 0 Å². The molecule has 152 valence electrons. The molecule has 0 bridgehead atoms. The van der Waals surface area contributed by atoms with Crippen molar-refractivity contribution in [3.63, 3.8) is 0 Å². The van der Waals surface area contributed by atoms with Gasteiger partial charge in [0, 0.05) is 36.4 Å². The van der Waals surface area contributed by atoms with E-state index in [0.29, 0.717) is 5.92 Å². The first-order chi connectivity index (χ1) is 14.0. The van der Waals surface area contributed by atoms with Gasteiger partial charge in [-0.1, -0.05) is 65.7 Å². The molecule has 0 aliphatic heterocycles. The molecule has 0 radical (unpaired) electrons. The molecule has 1 N–H and O–H groups in total. The lowest BCUT2D eigenvalue weighted by Gasteiger charge is -2.19. The molecule has 0 amide bonds. The van der Waals surface area contributed by atoms with Crippen LogP contribution in [-0.2, 0) is 13.0 Å². The summed E-state index contributed by atoms with van der Waals surface area (Å²) >= 11 is 12.5. The van der Waals surface area contributed by atoms with Gasteiger partial charge < -0.3 is 10.2 Å². The van der Waals surface area contributed by atoms with Crippen molar-refractivity contribution in [2.24, 2.45) is 0 Å². The van der Waals surface area contributed by atoms with Gasteiger partial charge in [0.15, 0.2) is 0 Å². The molecule has 1 atom stereocenters. The van der Waals surface area contributed by atoms with Crippen LogP contribution in [0.1, 0.15) is 29.0 Å². The molecular weight excluding hydrogens is 399 g/mol. The van der Waals surface area contributed by atoms with Gasteiger partial charge in [-0.3, -0.25) is 0 Å². The standard InChI is InChI=1S/C25H28Cl2N2/c1-29(2)24-13-7-19(8-14-24)18-28-16-15-21(20-9-11-23(26)12-10-20)17-22-5-3-4-6-25(22)27/h3-14,21,28H,15-18H2,1-2H3/t21-/m1/s1. The maximum Gasteiger partial charge on any atom is 0.0438 e. The van der Waals surface area contributed by atoms with Crippen molar-refractivity contribution in [1.82, 2.24) is 5.32 Å². The Balaban J connectivity index is 1.60. The van der Waals surface area contributed by atoms with Gasteiger partial charge in [-0.05, 0) is 72.3 Å². The molecule has 0 saturated heterocycles. The van der Waals surface area contributed by atoms with Crippen LogP contribution in [0.4, 0.5) is 5.69 Å². The molecule has 3 aromatic carbocycles. The van der Waals surface area contributed by atoms with E-state index in [0.717, 1.165) is 36.0 Å². The number of halogens is 2. The van der Waals surface area contributed by atoms with Crippen LogP contribution < -0.4 is 10.2 Å². The maximum absolute atomic E-state index is 6.42. The lowest BCUT2D eigenvalue weighted by Crippen LogP contribution is -2.18. The zero-order chi connectivity index (χ0) is 20.6. The van der Waals surface area contributed by atoms with Gasteiger partial charge in [0.2, 0.25) is 0 Å². The first-order valence-corrected chi connectivity index (χ1v) is 10.7. The number of hydrogen-bond acceptors (Lipinski definition) is 2. The predicted octanol–water partition coefficient (Wildman–Crippen LogP) is 6.57. The first-order valence-electron chi connectivity index (χ1n) is 9.99. The third-order valence-corrected chi connectivity index (χ3v) is 5.84. The highest BCUT2D eigenvalue weighted by Crippen LogP contribution is 2.28. The van der Waals surface area contributed by atoms with Crippen LogP contribution in [0, 0.1) is 0 Å². The SMILES string of the molecule is CN(C)c1ccc(CNCC[C@H](Cc2ccccc2Cl)c2ccc(Cl)cc2)cc1. The average Bonchev–Trinajstić information content (AvgIpc) is 2.72. The first kappa shape index (κ1) is 21.7. The highest BCUT2D eigenvalue weighted by molar-refractivity contribution is 6.31. The Hall–Kier alpha value is -2.00. The molecule has 0 heterocycles. The maximum atomic E-state index is 6.42. The summed E-state index contributed by atoms with van der Waals surface area (Å²) < 4.78 is 0. The third-order valence-electron chi connectivity index (χ3n) is 5.22. The van der Waals surface area contributed by atoms with Gasteiger partial charge in [0.25, 0.3) is 0 Å². The van der Waals surface area contributed by atoms with Gasteiger partial charge in [0.1, 0.15) is 0 Å². The number of hydrogen-bond donors (Lipinski definition) is 1. The Bertz CT molecular complexity index is 889. The molecule has 0 aliphatic carbocycles. The summed E-state index contributed by atoms with van der Waals surface area (Å²) in [5.41, 5.74) is 5.00. The van der Waals surface area contributed by atoms with E-state index in [1.807, 2.05) is 24.3 Å². The van der Waals surface area contributed by atoms with Crippen LogP contribution in [0.25, 0.3) is 0 Å². The molecule has 2 nitrogen and oxygen atoms in total. The van der Waals surface area contributed by atoms with Crippen LogP contribution >= 0.6 is 23.2 Å². The molecule has 0 spiro atoms. The van der Waals surface area contributed by atoms with Crippen molar-refractivity contribution in [2.75, 3.05) is 25.5 Å². The van der Waals surface area contributed by atoms with Crippen LogP contribution in [0.3, 0.4) is 0 Å². The van der Waals surface area contributed by atoms with Gasteiger partial charge in [-0.15, -0.1) is 0 Å². The second kappa shape index (κ2) is 10.7. The fourth-order valence-electron chi connectivity index (χ4n) is 3.47. The number of benzene rings is 3. The Morgan fingerprint density at radius 2 is 1.55 bits per heavy atom. The van der Waals surface area contributed by atoms with Crippen LogP contribution in [0.2, 0.25) is 10.0 Å². The smallest absolute Gasteiger partial charge is 0.0438 e. The van der Waals surface area contributed by atoms with Crippen molar-refractivity contribution in [2.45, 2.75) is 25.3 Å². The lowest BCUT2D eigenvalue weighted by molar-refractivity contribution is 0.564. The molecule has 0 fully saturated rings. The fraction of sp³-hybridized carbons (Fsp3) is 0.280. The molecule has 3 aromatic rings.